The standard InChI is InChI=1S/C18H38O3/c1-14(11-12-20-16(3,4)5)18(8,9)21-15(2)13-17(6,7)19-10/h14-15H,11-13H2,1-10H3. The van der Waals surface area contributed by atoms with Gasteiger partial charge in [-0.15, -0.1) is 0 Å². The van der Waals surface area contributed by atoms with Gasteiger partial charge in [0.25, 0.3) is 0 Å². The summed E-state index contributed by atoms with van der Waals surface area (Å²) < 4.78 is 17.6. The Morgan fingerprint density at radius 1 is 0.905 bits per heavy atom. The van der Waals surface area contributed by atoms with Crippen LogP contribution in [0.1, 0.15) is 75.2 Å². The van der Waals surface area contributed by atoms with Gasteiger partial charge in [0.1, 0.15) is 0 Å². The van der Waals surface area contributed by atoms with E-state index in [1.54, 1.807) is 7.11 Å². The second-order valence-electron chi connectivity index (χ2n) is 8.35. The van der Waals surface area contributed by atoms with Gasteiger partial charge in [-0.25, -0.2) is 0 Å². The summed E-state index contributed by atoms with van der Waals surface area (Å²) in [5, 5.41) is 0. The lowest BCUT2D eigenvalue weighted by molar-refractivity contribution is -0.127. The molecule has 0 aromatic rings. The van der Waals surface area contributed by atoms with Crippen molar-refractivity contribution in [3.63, 3.8) is 0 Å². The summed E-state index contributed by atoms with van der Waals surface area (Å²) in [6, 6.07) is 0. The molecule has 3 heteroatoms. The first-order valence-electron chi connectivity index (χ1n) is 8.16. The van der Waals surface area contributed by atoms with E-state index in [0.29, 0.717) is 5.92 Å². The van der Waals surface area contributed by atoms with Gasteiger partial charge >= 0.3 is 0 Å². The highest BCUT2D eigenvalue weighted by Crippen LogP contribution is 2.29. The Morgan fingerprint density at radius 2 is 1.43 bits per heavy atom. The maximum Gasteiger partial charge on any atom is 0.0656 e. The van der Waals surface area contributed by atoms with Gasteiger partial charge in [0.2, 0.25) is 0 Å². The molecule has 0 N–H and O–H groups in total. The second kappa shape index (κ2) is 7.94. The van der Waals surface area contributed by atoms with E-state index in [2.05, 4.69) is 62.3 Å². The summed E-state index contributed by atoms with van der Waals surface area (Å²) in [5.41, 5.74) is -0.376. The highest BCUT2D eigenvalue weighted by molar-refractivity contribution is 4.80. The van der Waals surface area contributed by atoms with Crippen LogP contribution in [0.5, 0.6) is 0 Å². The van der Waals surface area contributed by atoms with Crippen molar-refractivity contribution in [1.82, 2.24) is 0 Å². The summed E-state index contributed by atoms with van der Waals surface area (Å²) in [7, 11) is 1.75. The Morgan fingerprint density at radius 3 is 1.86 bits per heavy atom. The van der Waals surface area contributed by atoms with Crippen LogP contribution in [0.2, 0.25) is 0 Å². The minimum atomic E-state index is -0.162. The average molecular weight is 302 g/mol. The Balaban J connectivity index is 4.33. The molecule has 0 rings (SSSR count). The van der Waals surface area contributed by atoms with Crippen molar-refractivity contribution in [2.24, 2.45) is 5.92 Å². The lowest BCUT2D eigenvalue weighted by Crippen LogP contribution is -2.39. The van der Waals surface area contributed by atoms with E-state index in [0.717, 1.165) is 19.4 Å². The van der Waals surface area contributed by atoms with E-state index in [9.17, 15) is 0 Å². The topological polar surface area (TPSA) is 27.7 Å². The predicted molar refractivity (Wildman–Crippen MR) is 89.8 cm³/mol. The first-order chi connectivity index (χ1) is 9.29. The van der Waals surface area contributed by atoms with Crippen molar-refractivity contribution in [3.8, 4) is 0 Å². The summed E-state index contributed by atoms with van der Waals surface area (Å²) in [4.78, 5) is 0. The van der Waals surface area contributed by atoms with Crippen molar-refractivity contribution in [3.05, 3.63) is 0 Å². The van der Waals surface area contributed by atoms with Gasteiger partial charge in [-0.05, 0) is 67.7 Å². The molecule has 2 unspecified atom stereocenters. The Bertz CT molecular complexity index is 289. The molecule has 0 radical (unpaired) electrons. The van der Waals surface area contributed by atoms with Gasteiger partial charge in [-0.2, -0.15) is 0 Å². The Labute approximate surface area is 132 Å². The predicted octanol–water partition coefficient (Wildman–Crippen LogP) is 4.83. The van der Waals surface area contributed by atoms with Crippen LogP contribution in [0.4, 0.5) is 0 Å². The zero-order valence-electron chi connectivity index (χ0n) is 16.0. The minimum Gasteiger partial charge on any atom is -0.379 e. The first-order valence-corrected chi connectivity index (χ1v) is 8.16. The minimum absolute atomic E-state index is 0.0689. The maximum atomic E-state index is 6.28. The molecule has 0 aromatic carbocycles. The third kappa shape index (κ3) is 9.49. The Kier molecular flexibility index (Phi) is 7.89. The molecule has 21 heavy (non-hydrogen) atoms. The second-order valence-corrected chi connectivity index (χ2v) is 8.35. The van der Waals surface area contributed by atoms with Crippen molar-refractivity contribution in [1.29, 1.82) is 0 Å². The van der Waals surface area contributed by atoms with E-state index in [4.69, 9.17) is 14.2 Å². The molecular formula is C18H38O3. The molecule has 0 fully saturated rings. The van der Waals surface area contributed by atoms with Crippen LogP contribution in [-0.2, 0) is 14.2 Å². The summed E-state index contributed by atoms with van der Waals surface area (Å²) in [5.74, 6) is 0.438. The number of hydrogen-bond acceptors (Lipinski definition) is 3. The van der Waals surface area contributed by atoms with Crippen molar-refractivity contribution in [2.75, 3.05) is 13.7 Å². The highest BCUT2D eigenvalue weighted by atomic mass is 16.5. The van der Waals surface area contributed by atoms with Crippen molar-refractivity contribution < 1.29 is 14.2 Å². The molecule has 0 bridgehead atoms. The summed E-state index contributed by atoms with van der Waals surface area (Å²) in [6.07, 6.45) is 2.06. The van der Waals surface area contributed by atoms with Gasteiger partial charge in [-0.3, -0.25) is 0 Å². The van der Waals surface area contributed by atoms with Crippen LogP contribution in [0.25, 0.3) is 0 Å². The molecule has 0 aliphatic rings. The van der Waals surface area contributed by atoms with E-state index >= 15 is 0 Å². The molecule has 128 valence electrons. The number of methoxy groups -OCH3 is 1. The fraction of sp³-hybridized carbons (Fsp3) is 1.00. The van der Waals surface area contributed by atoms with Crippen LogP contribution in [0.15, 0.2) is 0 Å². The zero-order chi connectivity index (χ0) is 16.9. The largest absolute Gasteiger partial charge is 0.379 e. The smallest absolute Gasteiger partial charge is 0.0656 e. The first kappa shape index (κ1) is 20.9. The summed E-state index contributed by atoms with van der Waals surface area (Å²) in [6.45, 7) is 19.9. The third-order valence-electron chi connectivity index (χ3n) is 4.11. The molecule has 0 saturated heterocycles. The molecule has 0 saturated carbocycles. The molecule has 0 aliphatic heterocycles. The lowest BCUT2D eigenvalue weighted by atomic mass is 9.89. The monoisotopic (exact) mass is 302 g/mol. The normalized spacial score (nSPS) is 16.9. The quantitative estimate of drug-likeness (QED) is 0.611. The summed E-state index contributed by atoms with van der Waals surface area (Å²) >= 11 is 0. The van der Waals surface area contributed by atoms with Gasteiger partial charge in [0.05, 0.1) is 22.9 Å². The lowest BCUT2D eigenvalue weighted by Gasteiger charge is -2.37. The number of rotatable bonds is 9. The molecular weight excluding hydrogens is 264 g/mol. The van der Waals surface area contributed by atoms with Gasteiger partial charge in [0.15, 0.2) is 0 Å². The van der Waals surface area contributed by atoms with E-state index < -0.39 is 0 Å². The molecule has 2 atom stereocenters. The van der Waals surface area contributed by atoms with Crippen molar-refractivity contribution in [2.45, 2.75) is 98.1 Å². The average Bonchev–Trinajstić information content (AvgIpc) is 2.25. The maximum absolute atomic E-state index is 6.28. The molecule has 0 amide bonds. The fourth-order valence-corrected chi connectivity index (χ4v) is 2.34. The van der Waals surface area contributed by atoms with Crippen LogP contribution in [0, 0.1) is 5.92 Å². The molecule has 3 nitrogen and oxygen atoms in total. The molecule has 0 spiro atoms. The fourth-order valence-electron chi connectivity index (χ4n) is 2.34. The van der Waals surface area contributed by atoms with Gasteiger partial charge in [0, 0.05) is 20.1 Å². The molecule has 0 aliphatic carbocycles. The van der Waals surface area contributed by atoms with Crippen LogP contribution in [0.3, 0.4) is 0 Å². The SMILES string of the molecule is COC(C)(C)CC(C)OC(C)(C)C(C)CCOC(C)(C)C. The van der Waals surface area contributed by atoms with Crippen LogP contribution in [-0.4, -0.2) is 36.6 Å². The third-order valence-corrected chi connectivity index (χ3v) is 4.11. The van der Waals surface area contributed by atoms with Crippen molar-refractivity contribution >= 4 is 0 Å². The molecule has 0 aromatic heterocycles. The molecule has 0 heterocycles. The number of ether oxygens (including phenoxy) is 3. The highest BCUT2D eigenvalue weighted by Gasteiger charge is 2.31. The van der Waals surface area contributed by atoms with Gasteiger partial charge in [-0.1, -0.05) is 6.92 Å². The van der Waals surface area contributed by atoms with Crippen LogP contribution >= 0.6 is 0 Å². The number of hydrogen-bond donors (Lipinski definition) is 0. The Hall–Kier alpha value is -0.120. The van der Waals surface area contributed by atoms with Crippen LogP contribution < -0.4 is 0 Å². The van der Waals surface area contributed by atoms with E-state index in [1.807, 2.05) is 0 Å². The van der Waals surface area contributed by atoms with Gasteiger partial charge < -0.3 is 14.2 Å². The van der Waals surface area contributed by atoms with E-state index in [-0.39, 0.29) is 22.9 Å². The zero-order valence-corrected chi connectivity index (χ0v) is 16.0. The van der Waals surface area contributed by atoms with E-state index in [1.165, 1.54) is 0 Å².